The molecule has 0 saturated heterocycles. The molecule has 1 aliphatic heterocycles. The molecular formula is C17H20BrClN2O3S2. The van der Waals surface area contributed by atoms with Crippen LogP contribution in [-0.2, 0) is 17.7 Å². The van der Waals surface area contributed by atoms with E-state index < -0.39 is 5.97 Å². The van der Waals surface area contributed by atoms with Crippen LogP contribution in [0.15, 0.2) is 15.9 Å². The van der Waals surface area contributed by atoms with Crippen LogP contribution in [0, 0.1) is 0 Å². The van der Waals surface area contributed by atoms with Crippen molar-refractivity contribution >= 4 is 67.9 Å². The average molecular weight is 480 g/mol. The van der Waals surface area contributed by atoms with Gasteiger partial charge in [0.25, 0.3) is 5.91 Å². The van der Waals surface area contributed by atoms with Crippen LogP contribution >= 0.6 is 51.0 Å². The summed E-state index contributed by atoms with van der Waals surface area (Å²) in [6.07, 6.45) is 0.787. The Kier molecular flexibility index (Phi) is 7.27. The van der Waals surface area contributed by atoms with Crippen LogP contribution in [0.3, 0.4) is 0 Å². The molecule has 1 aliphatic rings. The lowest BCUT2D eigenvalue weighted by atomic mass is 10.0. The quantitative estimate of drug-likeness (QED) is 0.640. The third-order valence-electron chi connectivity index (χ3n) is 4.23. The molecule has 1 amide bonds. The van der Waals surface area contributed by atoms with Crippen LogP contribution in [0.5, 0.6) is 0 Å². The van der Waals surface area contributed by atoms with Crippen molar-refractivity contribution in [2.75, 3.05) is 19.0 Å². The van der Waals surface area contributed by atoms with Crippen molar-refractivity contribution in [3.8, 4) is 0 Å². The number of methoxy groups -OCH3 is 1. The Bertz CT molecular complexity index is 819. The number of hydrogen-bond acceptors (Lipinski definition) is 6. The fraction of sp³-hybridized carbons (Fsp3) is 0.412. The van der Waals surface area contributed by atoms with Gasteiger partial charge in [0.2, 0.25) is 0 Å². The second-order valence-corrected chi connectivity index (χ2v) is 9.64. The fourth-order valence-electron chi connectivity index (χ4n) is 2.87. The summed E-state index contributed by atoms with van der Waals surface area (Å²) in [5.74, 6) is -0.599. The van der Waals surface area contributed by atoms with Gasteiger partial charge < -0.3 is 10.1 Å². The second kappa shape index (κ2) is 8.84. The number of carbonyl (C=O) groups excluding carboxylic acids is 2. The van der Waals surface area contributed by atoms with Crippen molar-refractivity contribution in [2.45, 2.75) is 32.9 Å². The maximum absolute atomic E-state index is 12.5. The first kappa shape index (κ1) is 21.4. The molecule has 0 aliphatic carbocycles. The lowest BCUT2D eigenvalue weighted by molar-refractivity contribution is 0.0600. The first-order chi connectivity index (χ1) is 11.9. The Labute approximate surface area is 175 Å². The summed E-state index contributed by atoms with van der Waals surface area (Å²) in [5.41, 5.74) is 1.52. The van der Waals surface area contributed by atoms with Crippen LogP contribution in [0.1, 0.15) is 44.3 Å². The Hall–Kier alpha value is -0.930. The van der Waals surface area contributed by atoms with E-state index in [1.807, 2.05) is 6.07 Å². The molecule has 26 heavy (non-hydrogen) atoms. The van der Waals surface area contributed by atoms with E-state index in [0.717, 1.165) is 33.7 Å². The standard InChI is InChI=1S/C17H19BrN2O3S2.ClH/c1-9(2)20-7-6-10-12(8-20)25-16(14(10)17(22)23-3)19-15(21)11-4-5-13(18)24-11;/h4-5,9H,6-8H2,1-3H3,(H,19,21);1H. The predicted molar refractivity (Wildman–Crippen MR) is 112 cm³/mol. The molecule has 3 rings (SSSR count). The number of nitrogens with zero attached hydrogens (tertiary/aromatic N) is 1. The molecule has 2 aromatic rings. The van der Waals surface area contributed by atoms with Gasteiger partial charge in [-0.05, 0) is 53.9 Å². The number of halogens is 2. The largest absolute Gasteiger partial charge is 0.465 e. The molecule has 0 aromatic carbocycles. The third-order valence-corrected chi connectivity index (χ3v) is 6.98. The molecule has 0 atom stereocenters. The number of anilines is 1. The zero-order valence-electron chi connectivity index (χ0n) is 14.6. The van der Waals surface area contributed by atoms with Crippen LogP contribution in [-0.4, -0.2) is 36.5 Å². The van der Waals surface area contributed by atoms with E-state index in [4.69, 9.17) is 4.74 Å². The zero-order valence-corrected chi connectivity index (χ0v) is 18.7. The van der Waals surface area contributed by atoms with Crippen molar-refractivity contribution in [3.05, 3.63) is 36.8 Å². The maximum Gasteiger partial charge on any atom is 0.341 e. The molecule has 2 aromatic heterocycles. The number of thiophene rings is 2. The van der Waals surface area contributed by atoms with Crippen molar-refractivity contribution in [1.29, 1.82) is 0 Å². The van der Waals surface area contributed by atoms with Gasteiger partial charge >= 0.3 is 5.97 Å². The fourth-order valence-corrected chi connectivity index (χ4v) is 5.41. The molecular weight excluding hydrogens is 460 g/mol. The normalized spacial score (nSPS) is 13.9. The van der Waals surface area contributed by atoms with Crippen LogP contribution in [0.25, 0.3) is 0 Å². The summed E-state index contributed by atoms with van der Waals surface area (Å²) < 4.78 is 5.86. The summed E-state index contributed by atoms with van der Waals surface area (Å²) in [6, 6.07) is 4.04. The van der Waals surface area contributed by atoms with Crippen LogP contribution in [0.2, 0.25) is 0 Å². The van der Waals surface area contributed by atoms with E-state index in [0.29, 0.717) is 21.5 Å². The van der Waals surface area contributed by atoms with Gasteiger partial charge in [-0.3, -0.25) is 9.69 Å². The maximum atomic E-state index is 12.5. The monoisotopic (exact) mass is 478 g/mol. The number of ether oxygens (including phenoxy) is 1. The van der Waals surface area contributed by atoms with Gasteiger partial charge in [-0.15, -0.1) is 35.1 Å². The van der Waals surface area contributed by atoms with E-state index in [-0.39, 0.29) is 18.3 Å². The summed E-state index contributed by atoms with van der Waals surface area (Å²) in [5, 5.41) is 3.49. The van der Waals surface area contributed by atoms with Gasteiger partial charge in [-0.2, -0.15) is 0 Å². The van der Waals surface area contributed by atoms with Crippen molar-refractivity contribution in [2.24, 2.45) is 0 Å². The number of amides is 1. The molecule has 5 nitrogen and oxygen atoms in total. The van der Waals surface area contributed by atoms with Crippen LogP contribution < -0.4 is 5.32 Å². The highest BCUT2D eigenvalue weighted by Gasteiger charge is 2.30. The van der Waals surface area contributed by atoms with Gasteiger partial charge in [-0.25, -0.2) is 4.79 Å². The zero-order chi connectivity index (χ0) is 18.1. The SMILES string of the molecule is COC(=O)c1c(NC(=O)c2ccc(Br)s2)sc2c1CCN(C(C)C)C2.Cl. The summed E-state index contributed by atoms with van der Waals surface area (Å²) in [7, 11) is 1.37. The van der Waals surface area contributed by atoms with E-state index in [1.54, 1.807) is 6.07 Å². The minimum absolute atomic E-state index is 0. The number of esters is 1. The van der Waals surface area contributed by atoms with Gasteiger partial charge in [0.05, 0.1) is 21.3 Å². The summed E-state index contributed by atoms with van der Waals surface area (Å²) in [4.78, 5) is 28.9. The summed E-state index contributed by atoms with van der Waals surface area (Å²) >= 11 is 6.20. The smallest absolute Gasteiger partial charge is 0.341 e. The molecule has 0 spiro atoms. The van der Waals surface area contributed by atoms with Crippen molar-refractivity contribution in [3.63, 3.8) is 0 Å². The number of rotatable bonds is 4. The molecule has 0 saturated carbocycles. The van der Waals surface area contributed by atoms with Gasteiger partial charge in [0.15, 0.2) is 0 Å². The molecule has 9 heteroatoms. The topological polar surface area (TPSA) is 58.6 Å². The highest BCUT2D eigenvalue weighted by molar-refractivity contribution is 9.11. The third kappa shape index (κ3) is 4.31. The second-order valence-electron chi connectivity index (χ2n) is 6.07. The Morgan fingerprint density at radius 1 is 1.31 bits per heavy atom. The molecule has 0 bridgehead atoms. The Morgan fingerprint density at radius 2 is 2.04 bits per heavy atom. The minimum atomic E-state index is -0.391. The van der Waals surface area contributed by atoms with E-state index in [1.165, 1.54) is 29.8 Å². The molecule has 3 heterocycles. The molecule has 1 N–H and O–H groups in total. The lowest BCUT2D eigenvalue weighted by Crippen LogP contribution is -2.35. The van der Waals surface area contributed by atoms with Gasteiger partial charge in [0.1, 0.15) is 5.00 Å². The number of hydrogen-bond donors (Lipinski definition) is 1. The number of nitrogens with one attached hydrogen (secondary N) is 1. The first-order valence-corrected chi connectivity index (χ1v) is 10.4. The number of fused-ring (bicyclic) bond motifs is 1. The molecule has 142 valence electrons. The Morgan fingerprint density at radius 3 is 2.62 bits per heavy atom. The minimum Gasteiger partial charge on any atom is -0.465 e. The van der Waals surface area contributed by atoms with Gasteiger partial charge in [-0.1, -0.05) is 0 Å². The van der Waals surface area contributed by atoms with Crippen LogP contribution in [0.4, 0.5) is 5.00 Å². The average Bonchev–Trinajstić information content (AvgIpc) is 3.16. The van der Waals surface area contributed by atoms with Gasteiger partial charge in [0, 0.05) is 24.0 Å². The lowest BCUT2D eigenvalue weighted by Gasteiger charge is -2.30. The molecule has 0 unspecified atom stereocenters. The predicted octanol–water partition coefficient (Wildman–Crippen LogP) is 4.80. The Balaban J connectivity index is 0.00000243. The molecule has 0 radical (unpaired) electrons. The number of carbonyl (C=O) groups is 2. The highest BCUT2D eigenvalue weighted by Crippen LogP contribution is 2.38. The summed E-state index contributed by atoms with van der Waals surface area (Å²) in [6.45, 7) is 6.02. The molecule has 0 fully saturated rings. The highest BCUT2D eigenvalue weighted by atomic mass is 79.9. The first-order valence-electron chi connectivity index (χ1n) is 7.94. The van der Waals surface area contributed by atoms with E-state index >= 15 is 0 Å². The van der Waals surface area contributed by atoms with E-state index in [2.05, 4.69) is 40.0 Å². The van der Waals surface area contributed by atoms with Crippen molar-refractivity contribution in [1.82, 2.24) is 4.90 Å². The van der Waals surface area contributed by atoms with E-state index in [9.17, 15) is 9.59 Å². The van der Waals surface area contributed by atoms with Crippen molar-refractivity contribution < 1.29 is 14.3 Å².